The van der Waals surface area contributed by atoms with Crippen molar-refractivity contribution in [3.8, 4) is 0 Å². The van der Waals surface area contributed by atoms with Crippen LogP contribution in [0.4, 0.5) is 11.4 Å². The Morgan fingerprint density at radius 3 is 2.52 bits per heavy atom. The van der Waals surface area contributed by atoms with Crippen LogP contribution in [0.25, 0.3) is 0 Å². The number of carbonyl (C=O) groups is 1. The SMILES string of the molecule is CCOC(=O)c1ccc(C)c(NC(=S)NCCN(C)c2ccc(C)cc2)c1. The lowest BCUT2D eigenvalue weighted by Crippen LogP contribution is -2.35. The van der Waals surface area contributed by atoms with E-state index in [1.165, 1.54) is 11.3 Å². The van der Waals surface area contributed by atoms with Gasteiger partial charge in [-0.05, 0) is 62.8 Å². The molecule has 2 aromatic rings. The van der Waals surface area contributed by atoms with E-state index in [0.29, 0.717) is 23.8 Å². The number of carbonyl (C=O) groups excluding carboxylic acids is 1. The van der Waals surface area contributed by atoms with E-state index in [4.69, 9.17) is 17.0 Å². The van der Waals surface area contributed by atoms with Crippen LogP contribution in [-0.2, 0) is 4.74 Å². The molecule has 0 bridgehead atoms. The summed E-state index contributed by atoms with van der Waals surface area (Å²) < 4.78 is 5.05. The van der Waals surface area contributed by atoms with Gasteiger partial charge in [-0.2, -0.15) is 0 Å². The number of rotatable bonds is 7. The van der Waals surface area contributed by atoms with Crippen LogP contribution in [0.5, 0.6) is 0 Å². The van der Waals surface area contributed by atoms with Crippen molar-refractivity contribution in [1.82, 2.24) is 5.32 Å². The summed E-state index contributed by atoms with van der Waals surface area (Å²) in [6, 6.07) is 13.8. The fourth-order valence-electron chi connectivity index (χ4n) is 2.53. The highest BCUT2D eigenvalue weighted by molar-refractivity contribution is 7.80. The number of thiocarbonyl (C=S) groups is 1. The summed E-state index contributed by atoms with van der Waals surface area (Å²) >= 11 is 5.38. The average Bonchev–Trinajstić information content (AvgIpc) is 2.64. The molecule has 0 spiro atoms. The van der Waals surface area contributed by atoms with E-state index in [0.717, 1.165) is 17.8 Å². The van der Waals surface area contributed by atoms with Gasteiger partial charge in [-0.15, -0.1) is 0 Å². The lowest BCUT2D eigenvalue weighted by Gasteiger charge is -2.20. The number of benzene rings is 2. The summed E-state index contributed by atoms with van der Waals surface area (Å²) in [6.07, 6.45) is 0. The molecule has 0 aliphatic heterocycles. The number of nitrogens with one attached hydrogen (secondary N) is 2. The molecule has 0 aliphatic rings. The van der Waals surface area contributed by atoms with Gasteiger partial charge in [0.15, 0.2) is 5.11 Å². The second-order valence-electron chi connectivity index (χ2n) is 6.39. The van der Waals surface area contributed by atoms with Gasteiger partial charge >= 0.3 is 5.97 Å². The third-order valence-corrected chi connectivity index (χ3v) is 4.45. The topological polar surface area (TPSA) is 53.6 Å². The first-order valence-electron chi connectivity index (χ1n) is 9.01. The van der Waals surface area contributed by atoms with Crippen LogP contribution < -0.4 is 15.5 Å². The minimum atomic E-state index is -0.334. The second-order valence-corrected chi connectivity index (χ2v) is 6.80. The number of aryl methyl sites for hydroxylation is 2. The molecule has 0 heterocycles. The minimum Gasteiger partial charge on any atom is -0.462 e. The minimum absolute atomic E-state index is 0.334. The van der Waals surface area contributed by atoms with E-state index in [1.54, 1.807) is 19.1 Å². The zero-order valence-corrected chi connectivity index (χ0v) is 17.2. The summed E-state index contributed by atoms with van der Waals surface area (Å²) in [5.41, 5.74) is 4.72. The van der Waals surface area contributed by atoms with Gasteiger partial charge in [-0.1, -0.05) is 23.8 Å². The van der Waals surface area contributed by atoms with E-state index in [-0.39, 0.29) is 5.97 Å². The first-order chi connectivity index (χ1) is 12.9. The number of likely N-dealkylation sites (N-methyl/N-ethyl adjacent to an activating group) is 1. The lowest BCUT2D eigenvalue weighted by atomic mass is 10.1. The van der Waals surface area contributed by atoms with Crippen LogP contribution >= 0.6 is 12.2 Å². The number of nitrogens with zero attached hydrogens (tertiary/aromatic N) is 1. The van der Waals surface area contributed by atoms with Gasteiger partial charge < -0.3 is 20.3 Å². The Labute approximate surface area is 166 Å². The molecule has 6 heteroatoms. The molecule has 0 aromatic heterocycles. The molecule has 144 valence electrons. The van der Waals surface area contributed by atoms with Crippen molar-refractivity contribution >= 4 is 34.7 Å². The Morgan fingerprint density at radius 1 is 1.15 bits per heavy atom. The molecule has 5 nitrogen and oxygen atoms in total. The molecular formula is C21H27N3O2S. The van der Waals surface area contributed by atoms with Crippen LogP contribution in [0.3, 0.4) is 0 Å². The third-order valence-electron chi connectivity index (χ3n) is 4.20. The van der Waals surface area contributed by atoms with Crippen LogP contribution in [0.15, 0.2) is 42.5 Å². The smallest absolute Gasteiger partial charge is 0.338 e. The predicted octanol–water partition coefficient (Wildman–Crippen LogP) is 3.90. The maximum absolute atomic E-state index is 11.9. The van der Waals surface area contributed by atoms with E-state index in [1.807, 2.05) is 13.0 Å². The fraction of sp³-hybridized carbons (Fsp3) is 0.333. The average molecular weight is 386 g/mol. The van der Waals surface area contributed by atoms with Gasteiger partial charge in [0.05, 0.1) is 12.2 Å². The highest BCUT2D eigenvalue weighted by atomic mass is 32.1. The Bertz CT molecular complexity index is 791. The molecule has 0 saturated heterocycles. The molecule has 0 unspecified atom stereocenters. The van der Waals surface area contributed by atoms with E-state index in [2.05, 4.69) is 53.8 Å². The lowest BCUT2D eigenvalue weighted by molar-refractivity contribution is 0.0526. The predicted molar refractivity (Wildman–Crippen MR) is 116 cm³/mol. The zero-order valence-electron chi connectivity index (χ0n) is 16.3. The molecule has 2 N–H and O–H groups in total. The molecule has 0 fully saturated rings. The van der Waals surface area contributed by atoms with Crippen molar-refractivity contribution in [3.05, 3.63) is 59.2 Å². The normalized spacial score (nSPS) is 10.2. The van der Waals surface area contributed by atoms with Crippen molar-refractivity contribution < 1.29 is 9.53 Å². The highest BCUT2D eigenvalue weighted by Gasteiger charge is 2.10. The summed E-state index contributed by atoms with van der Waals surface area (Å²) in [6.45, 7) is 7.70. The molecule has 0 amide bonds. The Balaban J connectivity index is 1.87. The highest BCUT2D eigenvalue weighted by Crippen LogP contribution is 2.18. The summed E-state index contributed by atoms with van der Waals surface area (Å²) in [7, 11) is 2.05. The molecule has 0 atom stereocenters. The fourth-order valence-corrected chi connectivity index (χ4v) is 2.74. The van der Waals surface area contributed by atoms with Crippen molar-refractivity contribution in [2.45, 2.75) is 20.8 Å². The Hall–Kier alpha value is -2.60. The van der Waals surface area contributed by atoms with Gasteiger partial charge in [0, 0.05) is 31.5 Å². The van der Waals surface area contributed by atoms with Crippen molar-refractivity contribution in [2.24, 2.45) is 0 Å². The van der Waals surface area contributed by atoms with E-state index in [9.17, 15) is 4.79 Å². The quantitative estimate of drug-likeness (QED) is 0.557. The van der Waals surface area contributed by atoms with Gasteiger partial charge in [-0.25, -0.2) is 4.79 Å². The number of anilines is 2. The number of ether oxygens (including phenoxy) is 1. The summed E-state index contributed by atoms with van der Waals surface area (Å²) in [5.74, 6) is -0.334. The van der Waals surface area contributed by atoms with Crippen LogP contribution in [0.2, 0.25) is 0 Å². The second kappa shape index (κ2) is 9.92. The molecular weight excluding hydrogens is 358 g/mol. The van der Waals surface area contributed by atoms with Crippen LogP contribution in [0.1, 0.15) is 28.4 Å². The number of hydrogen-bond acceptors (Lipinski definition) is 4. The molecule has 0 radical (unpaired) electrons. The Kier molecular flexibility index (Phi) is 7.61. The molecule has 0 saturated carbocycles. The van der Waals surface area contributed by atoms with Gasteiger partial charge in [0.2, 0.25) is 0 Å². The molecule has 2 rings (SSSR count). The van der Waals surface area contributed by atoms with Crippen molar-refractivity contribution in [1.29, 1.82) is 0 Å². The van der Waals surface area contributed by atoms with Crippen molar-refractivity contribution in [3.63, 3.8) is 0 Å². The van der Waals surface area contributed by atoms with Gasteiger partial charge in [-0.3, -0.25) is 0 Å². The summed E-state index contributed by atoms with van der Waals surface area (Å²) in [5, 5.41) is 6.89. The first kappa shape index (κ1) is 20.7. The van der Waals surface area contributed by atoms with Crippen LogP contribution in [0, 0.1) is 13.8 Å². The van der Waals surface area contributed by atoms with Crippen molar-refractivity contribution in [2.75, 3.05) is 37.0 Å². The third kappa shape index (κ3) is 6.25. The molecule has 2 aromatic carbocycles. The van der Waals surface area contributed by atoms with Gasteiger partial charge in [0.1, 0.15) is 0 Å². The zero-order chi connectivity index (χ0) is 19.8. The Morgan fingerprint density at radius 2 is 1.85 bits per heavy atom. The molecule has 0 aliphatic carbocycles. The standard InChI is InChI=1S/C21H27N3O2S/c1-5-26-20(25)17-9-8-16(3)19(14-17)23-21(27)22-12-13-24(4)18-10-6-15(2)7-11-18/h6-11,14H,5,12-13H2,1-4H3,(H2,22,23,27). The maximum atomic E-state index is 11.9. The van der Waals surface area contributed by atoms with E-state index >= 15 is 0 Å². The van der Waals surface area contributed by atoms with E-state index < -0.39 is 0 Å². The van der Waals surface area contributed by atoms with Gasteiger partial charge in [0.25, 0.3) is 0 Å². The summed E-state index contributed by atoms with van der Waals surface area (Å²) in [4.78, 5) is 14.1. The largest absolute Gasteiger partial charge is 0.462 e. The molecule has 27 heavy (non-hydrogen) atoms. The first-order valence-corrected chi connectivity index (χ1v) is 9.42. The van der Waals surface area contributed by atoms with Crippen LogP contribution in [-0.4, -0.2) is 37.8 Å². The number of esters is 1. The maximum Gasteiger partial charge on any atom is 0.338 e. The number of hydrogen-bond donors (Lipinski definition) is 2. The monoisotopic (exact) mass is 385 g/mol.